The SMILES string of the molecule is CCC1(c2cnn(C)c2)NC(=O)N(Cc2nc3ccccc3nc2C)C1=O. The van der Waals surface area contributed by atoms with Crippen molar-refractivity contribution in [3.8, 4) is 0 Å². The summed E-state index contributed by atoms with van der Waals surface area (Å²) in [5, 5.41) is 7.00. The minimum Gasteiger partial charge on any atom is -0.319 e. The Balaban J connectivity index is 1.70. The summed E-state index contributed by atoms with van der Waals surface area (Å²) < 4.78 is 1.62. The summed E-state index contributed by atoms with van der Waals surface area (Å²) in [5.41, 5.74) is 2.41. The van der Waals surface area contributed by atoms with Gasteiger partial charge in [-0.2, -0.15) is 5.10 Å². The van der Waals surface area contributed by atoms with Gasteiger partial charge >= 0.3 is 6.03 Å². The fourth-order valence-corrected chi connectivity index (χ4v) is 3.47. The van der Waals surface area contributed by atoms with Gasteiger partial charge in [-0.3, -0.25) is 14.4 Å². The zero-order chi connectivity index (χ0) is 19.2. The molecule has 3 heterocycles. The van der Waals surface area contributed by atoms with Crippen LogP contribution >= 0.6 is 0 Å². The first-order chi connectivity index (χ1) is 12.9. The smallest absolute Gasteiger partial charge is 0.319 e. The molecule has 27 heavy (non-hydrogen) atoms. The topological polar surface area (TPSA) is 93.0 Å². The van der Waals surface area contributed by atoms with E-state index in [1.54, 1.807) is 24.1 Å². The number of carbonyl (C=O) groups is 2. The van der Waals surface area contributed by atoms with Crippen molar-refractivity contribution >= 4 is 23.0 Å². The van der Waals surface area contributed by atoms with Gasteiger partial charge in [0.1, 0.15) is 5.54 Å². The Hall–Kier alpha value is -3.29. The van der Waals surface area contributed by atoms with Crippen molar-refractivity contribution in [3.05, 3.63) is 53.6 Å². The molecule has 1 unspecified atom stereocenters. The fraction of sp³-hybridized carbons (Fsp3) is 0.316. The number of aryl methyl sites for hydroxylation is 2. The van der Waals surface area contributed by atoms with Gasteiger partial charge in [0.25, 0.3) is 5.91 Å². The van der Waals surface area contributed by atoms with E-state index >= 15 is 0 Å². The Morgan fingerprint density at radius 3 is 2.48 bits per heavy atom. The predicted octanol–water partition coefficient (Wildman–Crippen LogP) is 2.03. The number of rotatable bonds is 4. The van der Waals surface area contributed by atoms with Gasteiger partial charge in [0.15, 0.2) is 0 Å². The number of para-hydroxylation sites is 2. The lowest BCUT2D eigenvalue weighted by atomic mass is 9.89. The summed E-state index contributed by atoms with van der Waals surface area (Å²) in [4.78, 5) is 36.2. The largest absolute Gasteiger partial charge is 0.325 e. The fourth-order valence-electron chi connectivity index (χ4n) is 3.47. The number of fused-ring (bicyclic) bond motifs is 1. The third-order valence-corrected chi connectivity index (χ3v) is 5.05. The maximum absolute atomic E-state index is 13.2. The van der Waals surface area contributed by atoms with Crippen LogP contribution in [0.4, 0.5) is 4.79 Å². The summed E-state index contributed by atoms with van der Waals surface area (Å²) in [6.07, 6.45) is 3.81. The summed E-state index contributed by atoms with van der Waals surface area (Å²) in [6.45, 7) is 3.79. The van der Waals surface area contributed by atoms with Crippen LogP contribution in [0.3, 0.4) is 0 Å². The minimum atomic E-state index is -1.09. The Labute approximate surface area is 156 Å². The van der Waals surface area contributed by atoms with Crippen molar-refractivity contribution in [2.24, 2.45) is 7.05 Å². The van der Waals surface area contributed by atoms with Gasteiger partial charge in [-0.05, 0) is 25.5 Å². The van der Waals surface area contributed by atoms with Gasteiger partial charge in [-0.25, -0.2) is 14.8 Å². The second-order valence-electron chi connectivity index (χ2n) is 6.73. The molecule has 0 saturated carbocycles. The molecule has 1 fully saturated rings. The maximum Gasteiger partial charge on any atom is 0.325 e. The van der Waals surface area contributed by atoms with Crippen LogP contribution in [0.1, 0.15) is 30.3 Å². The molecule has 1 aliphatic heterocycles. The van der Waals surface area contributed by atoms with Crippen molar-refractivity contribution in [1.82, 2.24) is 30.0 Å². The van der Waals surface area contributed by atoms with Crippen LogP contribution < -0.4 is 5.32 Å². The molecule has 8 heteroatoms. The highest BCUT2D eigenvalue weighted by atomic mass is 16.2. The summed E-state index contributed by atoms with van der Waals surface area (Å²) in [6, 6.07) is 7.10. The third-order valence-electron chi connectivity index (χ3n) is 5.05. The number of hydrogen-bond donors (Lipinski definition) is 1. The average molecular weight is 364 g/mol. The molecular formula is C19H20N6O2. The van der Waals surface area contributed by atoms with E-state index in [-0.39, 0.29) is 12.5 Å². The third kappa shape index (κ3) is 2.64. The second kappa shape index (κ2) is 6.15. The highest BCUT2D eigenvalue weighted by Crippen LogP contribution is 2.33. The molecule has 0 spiro atoms. The van der Waals surface area contributed by atoms with Gasteiger partial charge in [-0.1, -0.05) is 19.1 Å². The average Bonchev–Trinajstić information content (AvgIpc) is 3.19. The normalized spacial score (nSPS) is 19.7. The van der Waals surface area contributed by atoms with Crippen LogP contribution in [0.5, 0.6) is 0 Å². The zero-order valence-electron chi connectivity index (χ0n) is 15.4. The lowest BCUT2D eigenvalue weighted by Gasteiger charge is -2.23. The van der Waals surface area contributed by atoms with Crippen LogP contribution in [-0.2, 0) is 23.9 Å². The molecule has 2 aromatic heterocycles. The summed E-state index contributed by atoms with van der Waals surface area (Å²) >= 11 is 0. The molecule has 0 aliphatic carbocycles. The monoisotopic (exact) mass is 364 g/mol. The van der Waals surface area contributed by atoms with Gasteiger partial charge < -0.3 is 5.32 Å². The number of amides is 3. The molecule has 3 amide bonds. The van der Waals surface area contributed by atoms with Gasteiger partial charge in [0.05, 0.1) is 35.2 Å². The number of carbonyl (C=O) groups excluding carboxylic acids is 2. The van der Waals surface area contributed by atoms with E-state index in [2.05, 4.69) is 20.4 Å². The number of benzene rings is 1. The number of nitrogens with zero attached hydrogens (tertiary/aromatic N) is 5. The maximum atomic E-state index is 13.2. The molecule has 4 rings (SSSR count). The van der Waals surface area contributed by atoms with E-state index in [0.717, 1.165) is 11.0 Å². The van der Waals surface area contributed by atoms with Crippen LogP contribution in [0, 0.1) is 6.92 Å². The molecule has 0 bridgehead atoms. The number of hydrogen-bond acceptors (Lipinski definition) is 5. The van der Waals surface area contributed by atoms with Crippen LogP contribution in [-0.4, -0.2) is 36.6 Å². The van der Waals surface area contributed by atoms with E-state index in [1.165, 1.54) is 4.90 Å². The van der Waals surface area contributed by atoms with E-state index in [1.807, 2.05) is 38.1 Å². The van der Waals surface area contributed by atoms with Crippen LogP contribution in [0.15, 0.2) is 36.7 Å². The number of nitrogens with one attached hydrogen (secondary N) is 1. The number of imide groups is 1. The van der Waals surface area contributed by atoms with Crippen molar-refractivity contribution in [1.29, 1.82) is 0 Å². The molecule has 138 valence electrons. The molecule has 8 nitrogen and oxygen atoms in total. The Bertz CT molecular complexity index is 1060. The first-order valence-corrected chi connectivity index (χ1v) is 8.80. The predicted molar refractivity (Wildman–Crippen MR) is 98.5 cm³/mol. The van der Waals surface area contributed by atoms with Gasteiger partial charge in [-0.15, -0.1) is 0 Å². The van der Waals surface area contributed by atoms with Crippen molar-refractivity contribution in [2.45, 2.75) is 32.4 Å². The lowest BCUT2D eigenvalue weighted by molar-refractivity contribution is -0.132. The molecule has 3 aromatic rings. The Morgan fingerprint density at radius 1 is 1.15 bits per heavy atom. The quantitative estimate of drug-likeness (QED) is 0.715. The zero-order valence-corrected chi connectivity index (χ0v) is 15.4. The molecule has 1 atom stereocenters. The highest BCUT2D eigenvalue weighted by Gasteiger charge is 2.52. The number of urea groups is 1. The van der Waals surface area contributed by atoms with Crippen LogP contribution in [0.25, 0.3) is 11.0 Å². The molecule has 1 saturated heterocycles. The molecule has 1 N–H and O–H groups in total. The second-order valence-corrected chi connectivity index (χ2v) is 6.73. The molecule has 0 radical (unpaired) electrons. The van der Waals surface area contributed by atoms with Gasteiger partial charge in [0.2, 0.25) is 0 Å². The Morgan fingerprint density at radius 2 is 1.85 bits per heavy atom. The first-order valence-electron chi connectivity index (χ1n) is 8.80. The number of aromatic nitrogens is 4. The highest BCUT2D eigenvalue weighted by molar-refractivity contribution is 6.07. The van der Waals surface area contributed by atoms with E-state index in [4.69, 9.17) is 0 Å². The lowest BCUT2D eigenvalue weighted by Crippen LogP contribution is -2.43. The first kappa shape index (κ1) is 17.1. The molecular weight excluding hydrogens is 344 g/mol. The Kier molecular flexibility index (Phi) is 3.91. The van der Waals surface area contributed by atoms with E-state index < -0.39 is 11.6 Å². The molecule has 1 aromatic carbocycles. The van der Waals surface area contributed by atoms with E-state index in [0.29, 0.717) is 23.4 Å². The van der Waals surface area contributed by atoms with Crippen molar-refractivity contribution in [3.63, 3.8) is 0 Å². The standard InChI is InChI=1S/C19H20N6O2/c1-4-19(13-9-20-24(3)10-13)17(26)25(18(27)23-19)11-16-12(2)21-14-7-5-6-8-15(14)22-16/h5-10H,4,11H2,1-3H3,(H,23,27). The summed E-state index contributed by atoms with van der Waals surface area (Å²) in [7, 11) is 1.78. The summed E-state index contributed by atoms with van der Waals surface area (Å²) in [5.74, 6) is -0.294. The van der Waals surface area contributed by atoms with Crippen molar-refractivity contribution in [2.75, 3.05) is 0 Å². The molecule has 1 aliphatic rings. The minimum absolute atomic E-state index is 0.0797. The van der Waals surface area contributed by atoms with Gasteiger partial charge in [0, 0.05) is 18.8 Å². The van der Waals surface area contributed by atoms with E-state index in [9.17, 15) is 9.59 Å². The van der Waals surface area contributed by atoms with Crippen LogP contribution in [0.2, 0.25) is 0 Å². The van der Waals surface area contributed by atoms with Crippen molar-refractivity contribution < 1.29 is 9.59 Å².